The van der Waals surface area contributed by atoms with E-state index in [1.165, 1.54) is 22.3 Å². The van der Waals surface area contributed by atoms with Crippen LogP contribution in [0.15, 0.2) is 52.5 Å². The molecule has 1 aliphatic heterocycles. The average Bonchev–Trinajstić information content (AvgIpc) is 3.24. The summed E-state index contributed by atoms with van der Waals surface area (Å²) in [6.45, 7) is 3.51. The number of carbonyl (C=O) groups is 1. The zero-order chi connectivity index (χ0) is 20.0. The Bertz CT molecular complexity index is 911. The molecule has 0 bridgehead atoms. The fourth-order valence-corrected chi connectivity index (χ4v) is 4.96. The molecule has 1 aromatic carbocycles. The molecule has 0 unspecified atom stereocenters. The van der Waals surface area contributed by atoms with Crippen LogP contribution in [0.4, 0.5) is 5.69 Å². The Hall–Kier alpha value is -2.10. The number of carbonyl (C=O) groups excluding carboxylic acids is 1. The van der Waals surface area contributed by atoms with E-state index in [2.05, 4.69) is 10.3 Å². The summed E-state index contributed by atoms with van der Waals surface area (Å²) >= 11 is 1.25. The highest BCUT2D eigenvalue weighted by Crippen LogP contribution is 2.25. The number of hydrogen-bond acceptors (Lipinski definition) is 6. The maximum atomic E-state index is 12.5. The third-order valence-electron chi connectivity index (χ3n) is 4.22. The number of sulfonamides is 1. The zero-order valence-corrected chi connectivity index (χ0v) is 17.3. The van der Waals surface area contributed by atoms with Gasteiger partial charge < -0.3 is 10.1 Å². The van der Waals surface area contributed by atoms with Crippen LogP contribution in [0, 0.1) is 0 Å². The number of ether oxygens (including phenoxy) is 1. The van der Waals surface area contributed by atoms with E-state index in [1.807, 2.05) is 19.1 Å². The van der Waals surface area contributed by atoms with Crippen LogP contribution < -0.4 is 10.1 Å². The Morgan fingerprint density at radius 1 is 1.21 bits per heavy atom. The monoisotopic (exact) mass is 421 g/mol. The number of anilines is 1. The molecule has 1 amide bonds. The number of rotatable bonds is 8. The minimum absolute atomic E-state index is 0.158. The van der Waals surface area contributed by atoms with E-state index in [0.717, 1.165) is 12.8 Å². The second-order valence-electron chi connectivity index (χ2n) is 6.21. The number of thioether (sulfide) groups is 1. The predicted molar refractivity (Wildman–Crippen MR) is 109 cm³/mol. The summed E-state index contributed by atoms with van der Waals surface area (Å²) < 4.78 is 32.0. The second-order valence-corrected chi connectivity index (χ2v) is 9.14. The Labute approximate surface area is 169 Å². The molecular formula is C19H23N3O4S2. The van der Waals surface area contributed by atoms with E-state index in [-0.39, 0.29) is 16.6 Å². The minimum atomic E-state index is -3.47. The summed E-state index contributed by atoms with van der Waals surface area (Å²) in [5.41, 5.74) is 0.620. The first-order valence-corrected chi connectivity index (χ1v) is 11.5. The van der Waals surface area contributed by atoms with Crippen LogP contribution in [0.5, 0.6) is 5.75 Å². The van der Waals surface area contributed by atoms with Crippen molar-refractivity contribution in [3.8, 4) is 5.75 Å². The van der Waals surface area contributed by atoms with Gasteiger partial charge in [-0.3, -0.25) is 4.79 Å². The molecule has 1 aromatic heterocycles. The maximum absolute atomic E-state index is 12.5. The average molecular weight is 422 g/mol. The van der Waals surface area contributed by atoms with Crippen molar-refractivity contribution >= 4 is 33.4 Å². The second kappa shape index (κ2) is 9.40. The van der Waals surface area contributed by atoms with Gasteiger partial charge in [0.15, 0.2) is 0 Å². The van der Waals surface area contributed by atoms with Crippen molar-refractivity contribution in [1.82, 2.24) is 9.29 Å². The van der Waals surface area contributed by atoms with Crippen molar-refractivity contribution in [3.05, 3.63) is 42.6 Å². The first-order chi connectivity index (χ1) is 13.5. The summed E-state index contributed by atoms with van der Waals surface area (Å²) in [7, 11) is -3.47. The number of nitrogens with one attached hydrogen (secondary N) is 1. The molecule has 2 aromatic rings. The summed E-state index contributed by atoms with van der Waals surface area (Å²) in [6.07, 6.45) is 3.14. The van der Waals surface area contributed by atoms with Crippen molar-refractivity contribution in [1.29, 1.82) is 0 Å². The van der Waals surface area contributed by atoms with Gasteiger partial charge in [0, 0.05) is 19.3 Å². The van der Waals surface area contributed by atoms with E-state index >= 15 is 0 Å². The topological polar surface area (TPSA) is 88.6 Å². The molecule has 3 rings (SSSR count). The number of amides is 1. The van der Waals surface area contributed by atoms with Crippen LogP contribution in [-0.2, 0) is 14.8 Å². The lowest BCUT2D eigenvalue weighted by Gasteiger charge is -2.15. The number of aromatic nitrogens is 1. The molecule has 0 atom stereocenters. The summed E-state index contributed by atoms with van der Waals surface area (Å²) in [4.78, 5) is 16.6. The minimum Gasteiger partial charge on any atom is -0.492 e. The highest BCUT2D eigenvalue weighted by atomic mass is 32.2. The van der Waals surface area contributed by atoms with Gasteiger partial charge in [-0.05, 0) is 44.0 Å². The molecule has 28 heavy (non-hydrogen) atoms. The summed E-state index contributed by atoms with van der Waals surface area (Å²) in [5.74, 6) is 0.594. The molecule has 1 aliphatic rings. The normalized spacial score (nSPS) is 14.8. The third kappa shape index (κ3) is 5.03. The van der Waals surface area contributed by atoms with Crippen LogP contribution in [0.3, 0.4) is 0 Å². The molecule has 9 heteroatoms. The number of benzene rings is 1. The van der Waals surface area contributed by atoms with Gasteiger partial charge in [-0.2, -0.15) is 4.31 Å². The summed E-state index contributed by atoms with van der Waals surface area (Å²) in [5, 5.41) is 3.41. The van der Waals surface area contributed by atoms with Gasteiger partial charge >= 0.3 is 0 Å². The molecule has 150 valence electrons. The molecule has 2 heterocycles. The zero-order valence-electron chi connectivity index (χ0n) is 15.6. The largest absolute Gasteiger partial charge is 0.492 e. The fraction of sp³-hybridized carbons (Fsp3) is 0.368. The van der Waals surface area contributed by atoms with Gasteiger partial charge in [0.1, 0.15) is 10.6 Å². The van der Waals surface area contributed by atoms with E-state index in [4.69, 9.17) is 4.74 Å². The van der Waals surface area contributed by atoms with Gasteiger partial charge in [0.2, 0.25) is 15.9 Å². The number of hydrogen-bond donors (Lipinski definition) is 1. The van der Waals surface area contributed by atoms with Crippen LogP contribution in [0.2, 0.25) is 0 Å². The lowest BCUT2D eigenvalue weighted by atomic mass is 10.3. The Morgan fingerprint density at radius 3 is 2.64 bits per heavy atom. The molecule has 1 N–H and O–H groups in total. The quantitative estimate of drug-likeness (QED) is 0.659. The Kier molecular flexibility index (Phi) is 6.93. The Balaban J connectivity index is 1.57. The van der Waals surface area contributed by atoms with E-state index in [9.17, 15) is 13.2 Å². The van der Waals surface area contributed by atoms with Crippen molar-refractivity contribution < 1.29 is 17.9 Å². The molecule has 1 fully saturated rings. The predicted octanol–water partition coefficient (Wildman–Crippen LogP) is 3.00. The van der Waals surface area contributed by atoms with Crippen molar-refractivity contribution in [2.75, 3.05) is 30.8 Å². The van der Waals surface area contributed by atoms with Crippen LogP contribution in [0.25, 0.3) is 0 Å². The van der Waals surface area contributed by atoms with Crippen LogP contribution >= 0.6 is 11.8 Å². The molecule has 0 spiro atoms. The number of nitrogens with zero attached hydrogens (tertiary/aromatic N) is 2. The smallest absolute Gasteiger partial charge is 0.244 e. The molecule has 0 aliphatic carbocycles. The Morgan fingerprint density at radius 2 is 1.96 bits per heavy atom. The highest BCUT2D eigenvalue weighted by molar-refractivity contribution is 7.99. The van der Waals surface area contributed by atoms with Gasteiger partial charge in [-0.15, -0.1) is 0 Å². The third-order valence-corrected chi connectivity index (χ3v) is 7.05. The lowest BCUT2D eigenvalue weighted by molar-refractivity contribution is -0.113. The lowest BCUT2D eigenvalue weighted by Crippen LogP contribution is -2.27. The molecule has 0 radical (unpaired) electrons. The van der Waals surface area contributed by atoms with Crippen LogP contribution in [0.1, 0.15) is 19.8 Å². The van der Waals surface area contributed by atoms with Gasteiger partial charge in [-0.25, -0.2) is 13.4 Å². The summed E-state index contributed by atoms with van der Waals surface area (Å²) in [6, 6.07) is 10.4. The van der Waals surface area contributed by atoms with Crippen molar-refractivity contribution in [2.45, 2.75) is 29.7 Å². The van der Waals surface area contributed by atoms with Crippen molar-refractivity contribution in [3.63, 3.8) is 0 Å². The first kappa shape index (κ1) is 20.6. The fourth-order valence-electron chi connectivity index (χ4n) is 2.86. The van der Waals surface area contributed by atoms with Gasteiger partial charge in [-0.1, -0.05) is 23.9 Å². The number of pyridine rings is 1. The van der Waals surface area contributed by atoms with Gasteiger partial charge in [0.05, 0.1) is 23.1 Å². The SMILES string of the molecule is CCOc1ccccc1NC(=O)CSc1ccc(S(=O)(=O)N2CCCC2)cn1. The number of para-hydroxylation sites is 2. The molecule has 0 saturated carbocycles. The van der Waals surface area contributed by atoms with Crippen LogP contribution in [-0.4, -0.2) is 49.1 Å². The highest BCUT2D eigenvalue weighted by Gasteiger charge is 2.27. The molecule has 7 nitrogen and oxygen atoms in total. The maximum Gasteiger partial charge on any atom is 0.244 e. The van der Waals surface area contributed by atoms with E-state index < -0.39 is 10.0 Å². The van der Waals surface area contributed by atoms with E-state index in [1.54, 1.807) is 24.3 Å². The first-order valence-electron chi connectivity index (χ1n) is 9.11. The molecule has 1 saturated heterocycles. The van der Waals surface area contributed by atoms with Gasteiger partial charge in [0.25, 0.3) is 0 Å². The standard InChI is InChI=1S/C19H23N3O4S2/c1-2-26-17-8-4-3-7-16(17)21-18(23)14-27-19-10-9-15(13-20-19)28(24,25)22-11-5-6-12-22/h3-4,7-10,13H,2,5-6,11-12,14H2,1H3,(H,21,23). The van der Waals surface area contributed by atoms with Crippen molar-refractivity contribution in [2.24, 2.45) is 0 Å². The molecular weight excluding hydrogens is 398 g/mol. The van der Waals surface area contributed by atoms with E-state index in [0.29, 0.717) is 36.2 Å².